The number of hydrogen-bond donors (Lipinski definition) is 1. The minimum atomic E-state index is -0.0761. The van der Waals surface area contributed by atoms with E-state index in [0.29, 0.717) is 21.4 Å². The molecule has 0 fully saturated rings. The molecule has 0 aliphatic carbocycles. The zero-order valence-corrected chi connectivity index (χ0v) is 7.99. The number of aliphatic hydroxyl groups is 1. The summed E-state index contributed by atoms with van der Waals surface area (Å²) in [6.07, 6.45) is 0. The van der Waals surface area contributed by atoms with Crippen LogP contribution in [0.2, 0.25) is 10.0 Å². The fourth-order valence-electron chi connectivity index (χ4n) is 0.857. The van der Waals surface area contributed by atoms with E-state index >= 15 is 0 Å². The van der Waals surface area contributed by atoms with Gasteiger partial charge in [-0.05, 0) is 17.7 Å². The zero-order chi connectivity index (χ0) is 9.14. The highest BCUT2D eigenvalue weighted by Gasteiger charge is 2.06. The molecule has 4 heteroatoms. The van der Waals surface area contributed by atoms with E-state index in [1.165, 1.54) is 7.11 Å². The molecule has 0 unspecified atom stereocenters. The lowest BCUT2D eigenvalue weighted by Crippen LogP contribution is -1.89. The molecule has 0 radical (unpaired) electrons. The maximum atomic E-state index is 8.82. The lowest BCUT2D eigenvalue weighted by molar-refractivity contribution is 0.281. The van der Waals surface area contributed by atoms with E-state index < -0.39 is 0 Å². The number of halogens is 2. The van der Waals surface area contributed by atoms with E-state index in [-0.39, 0.29) is 6.61 Å². The van der Waals surface area contributed by atoms with E-state index in [4.69, 9.17) is 33.0 Å². The van der Waals surface area contributed by atoms with Gasteiger partial charge in [-0.3, -0.25) is 0 Å². The second kappa shape index (κ2) is 3.99. The zero-order valence-electron chi connectivity index (χ0n) is 6.47. The van der Waals surface area contributed by atoms with Crippen molar-refractivity contribution in [1.82, 2.24) is 0 Å². The molecule has 0 amide bonds. The van der Waals surface area contributed by atoms with E-state index in [2.05, 4.69) is 0 Å². The fraction of sp³-hybridized carbons (Fsp3) is 0.250. The SMILES string of the molecule is COc1cc(CO)cc(Cl)c1Cl. The highest BCUT2D eigenvalue weighted by Crippen LogP contribution is 2.32. The van der Waals surface area contributed by atoms with E-state index in [1.54, 1.807) is 12.1 Å². The quantitative estimate of drug-likeness (QED) is 0.807. The topological polar surface area (TPSA) is 29.5 Å². The van der Waals surface area contributed by atoms with Crippen molar-refractivity contribution in [1.29, 1.82) is 0 Å². The molecule has 0 aromatic heterocycles. The van der Waals surface area contributed by atoms with Gasteiger partial charge in [0.25, 0.3) is 0 Å². The van der Waals surface area contributed by atoms with Crippen molar-refractivity contribution in [3.05, 3.63) is 27.7 Å². The molecule has 0 bridgehead atoms. The molecule has 1 aromatic carbocycles. The van der Waals surface area contributed by atoms with Crippen molar-refractivity contribution >= 4 is 23.2 Å². The summed E-state index contributed by atoms with van der Waals surface area (Å²) in [7, 11) is 1.50. The van der Waals surface area contributed by atoms with Crippen molar-refractivity contribution in [2.75, 3.05) is 7.11 Å². The van der Waals surface area contributed by atoms with Crippen LogP contribution in [0.3, 0.4) is 0 Å². The largest absolute Gasteiger partial charge is 0.495 e. The minimum absolute atomic E-state index is 0.0761. The standard InChI is InChI=1S/C8H8Cl2O2/c1-12-7-3-5(4-11)2-6(9)8(7)10/h2-3,11H,4H2,1H3. The first-order valence-corrected chi connectivity index (χ1v) is 4.07. The molecule has 0 heterocycles. The lowest BCUT2D eigenvalue weighted by atomic mass is 10.2. The molecule has 1 N–H and O–H groups in total. The van der Waals surface area contributed by atoms with E-state index in [0.717, 1.165) is 0 Å². The third kappa shape index (κ3) is 1.83. The van der Waals surface area contributed by atoms with Crippen LogP contribution in [-0.2, 0) is 6.61 Å². The van der Waals surface area contributed by atoms with Gasteiger partial charge >= 0.3 is 0 Å². The summed E-state index contributed by atoms with van der Waals surface area (Å²) in [5, 5.41) is 9.58. The Morgan fingerprint density at radius 3 is 2.58 bits per heavy atom. The number of aliphatic hydroxyl groups excluding tert-OH is 1. The minimum Gasteiger partial charge on any atom is -0.495 e. The maximum Gasteiger partial charge on any atom is 0.139 e. The Balaban J connectivity index is 3.19. The highest BCUT2D eigenvalue weighted by molar-refractivity contribution is 6.43. The second-order valence-electron chi connectivity index (χ2n) is 2.25. The normalized spacial score (nSPS) is 10.0. The maximum absolute atomic E-state index is 8.82. The summed E-state index contributed by atoms with van der Waals surface area (Å²) in [6.45, 7) is -0.0761. The van der Waals surface area contributed by atoms with Gasteiger partial charge in [0.15, 0.2) is 0 Å². The highest BCUT2D eigenvalue weighted by atomic mass is 35.5. The smallest absolute Gasteiger partial charge is 0.139 e. The summed E-state index contributed by atoms with van der Waals surface area (Å²) in [4.78, 5) is 0. The van der Waals surface area contributed by atoms with Gasteiger partial charge in [-0.1, -0.05) is 23.2 Å². The Bertz CT molecular complexity index is 287. The monoisotopic (exact) mass is 206 g/mol. The van der Waals surface area contributed by atoms with Crippen LogP contribution in [0.1, 0.15) is 5.56 Å². The summed E-state index contributed by atoms with van der Waals surface area (Å²) >= 11 is 11.5. The van der Waals surface area contributed by atoms with Gasteiger partial charge in [0.05, 0.1) is 18.7 Å². The Labute approximate surface area is 80.7 Å². The summed E-state index contributed by atoms with van der Waals surface area (Å²) in [5.41, 5.74) is 0.682. The van der Waals surface area contributed by atoms with Crippen LogP contribution >= 0.6 is 23.2 Å². The molecule has 1 rings (SSSR count). The van der Waals surface area contributed by atoms with E-state index in [1.807, 2.05) is 0 Å². The molecule has 0 aliphatic rings. The molecule has 2 nitrogen and oxygen atoms in total. The van der Waals surface area contributed by atoms with Gasteiger partial charge in [-0.15, -0.1) is 0 Å². The molecular weight excluding hydrogens is 199 g/mol. The van der Waals surface area contributed by atoms with Gasteiger partial charge in [-0.2, -0.15) is 0 Å². The molecule has 0 spiro atoms. The van der Waals surface area contributed by atoms with Crippen molar-refractivity contribution < 1.29 is 9.84 Å². The number of ether oxygens (including phenoxy) is 1. The van der Waals surface area contributed by atoms with Crippen molar-refractivity contribution in [3.63, 3.8) is 0 Å². The Kier molecular flexibility index (Phi) is 3.20. The third-order valence-corrected chi connectivity index (χ3v) is 2.24. The third-order valence-electron chi connectivity index (χ3n) is 1.46. The molecule has 12 heavy (non-hydrogen) atoms. The lowest BCUT2D eigenvalue weighted by Gasteiger charge is -2.06. The number of benzene rings is 1. The predicted octanol–water partition coefficient (Wildman–Crippen LogP) is 2.49. The molecule has 66 valence electrons. The molecule has 0 saturated heterocycles. The van der Waals surface area contributed by atoms with Crippen molar-refractivity contribution in [2.45, 2.75) is 6.61 Å². The molecule has 1 aromatic rings. The second-order valence-corrected chi connectivity index (χ2v) is 3.04. The number of hydrogen-bond acceptors (Lipinski definition) is 2. The Morgan fingerprint density at radius 1 is 1.42 bits per heavy atom. The molecule has 0 atom stereocenters. The van der Waals surface area contributed by atoms with Gasteiger partial charge in [0, 0.05) is 0 Å². The average Bonchev–Trinajstić information content (AvgIpc) is 2.09. The average molecular weight is 207 g/mol. The van der Waals surface area contributed by atoms with Gasteiger partial charge in [-0.25, -0.2) is 0 Å². The van der Waals surface area contributed by atoms with Gasteiger partial charge in [0.1, 0.15) is 10.8 Å². The molecule has 0 aliphatic heterocycles. The van der Waals surface area contributed by atoms with Crippen LogP contribution < -0.4 is 4.74 Å². The van der Waals surface area contributed by atoms with Crippen LogP contribution in [0.15, 0.2) is 12.1 Å². The van der Waals surface area contributed by atoms with Crippen LogP contribution in [0.25, 0.3) is 0 Å². The van der Waals surface area contributed by atoms with Crippen molar-refractivity contribution in [3.8, 4) is 5.75 Å². The molecule has 0 saturated carbocycles. The Hall–Kier alpha value is -0.440. The van der Waals surface area contributed by atoms with Gasteiger partial charge < -0.3 is 9.84 Å². The first kappa shape index (κ1) is 9.65. The fourth-order valence-corrected chi connectivity index (χ4v) is 1.28. The van der Waals surface area contributed by atoms with Crippen LogP contribution in [0.4, 0.5) is 0 Å². The number of methoxy groups -OCH3 is 1. The van der Waals surface area contributed by atoms with Crippen LogP contribution in [0.5, 0.6) is 5.75 Å². The summed E-state index contributed by atoms with van der Waals surface area (Å²) in [5.74, 6) is 0.480. The first-order valence-electron chi connectivity index (χ1n) is 3.31. The number of rotatable bonds is 2. The predicted molar refractivity (Wildman–Crippen MR) is 48.9 cm³/mol. The van der Waals surface area contributed by atoms with E-state index in [9.17, 15) is 0 Å². The molecular formula is C8H8Cl2O2. The summed E-state index contributed by atoms with van der Waals surface area (Å²) < 4.78 is 4.94. The van der Waals surface area contributed by atoms with Crippen molar-refractivity contribution in [2.24, 2.45) is 0 Å². The Morgan fingerprint density at radius 2 is 2.08 bits per heavy atom. The van der Waals surface area contributed by atoms with Crippen LogP contribution in [0, 0.1) is 0 Å². The summed E-state index contributed by atoms with van der Waals surface area (Å²) in [6, 6.07) is 3.25. The van der Waals surface area contributed by atoms with Gasteiger partial charge in [0.2, 0.25) is 0 Å². The van der Waals surface area contributed by atoms with Crippen LogP contribution in [-0.4, -0.2) is 12.2 Å². The first-order chi connectivity index (χ1) is 5.69.